The van der Waals surface area contributed by atoms with E-state index in [1.54, 1.807) is 19.3 Å². The van der Waals surface area contributed by atoms with Gasteiger partial charge in [-0.15, -0.1) is 0 Å². The van der Waals surface area contributed by atoms with Crippen LogP contribution in [0, 0.1) is 0 Å². The lowest BCUT2D eigenvalue weighted by Gasteiger charge is -2.45. The maximum absolute atomic E-state index is 10.9. The summed E-state index contributed by atoms with van der Waals surface area (Å²) in [6.07, 6.45) is -11.7. The fourth-order valence-corrected chi connectivity index (χ4v) is 4.71. The third-order valence-corrected chi connectivity index (χ3v) is 6.72. The molecule has 13 heteroatoms. The molecule has 0 spiro atoms. The lowest BCUT2D eigenvalue weighted by molar-refractivity contribution is -0.695. The van der Waals surface area contributed by atoms with E-state index in [0.717, 1.165) is 0 Å². The average molecular weight is 471 g/mol. The number of hydrogen-bond donors (Lipinski definition) is 9. The molecular weight excluding hydrogens is 432 g/mol. The highest BCUT2D eigenvalue weighted by atomic mass is 16.7. The van der Waals surface area contributed by atoms with Gasteiger partial charge in [0.25, 0.3) is 0 Å². The quantitative estimate of drug-likeness (QED) is 0.177. The summed E-state index contributed by atoms with van der Waals surface area (Å²) in [5.74, 6) is 0. The molecule has 1 saturated carbocycles. The van der Waals surface area contributed by atoms with Gasteiger partial charge >= 0.3 is 0 Å². The summed E-state index contributed by atoms with van der Waals surface area (Å²) in [5.41, 5.74) is 2.74. The Morgan fingerprint density at radius 2 is 1.66 bits per heavy atom. The van der Waals surface area contributed by atoms with Crippen molar-refractivity contribution in [2.75, 3.05) is 20.3 Å². The molecule has 13 atom stereocenters. The molecule has 0 aromatic heterocycles. The Kier molecular flexibility index (Phi) is 8.48. The van der Waals surface area contributed by atoms with Crippen LogP contribution in [0.3, 0.4) is 0 Å². The van der Waals surface area contributed by atoms with Crippen LogP contribution in [-0.2, 0) is 18.9 Å². The van der Waals surface area contributed by atoms with Crippen LogP contribution in [0.15, 0.2) is 0 Å². The topological polar surface area (TPSA) is 223 Å². The summed E-state index contributed by atoms with van der Waals surface area (Å²) in [6, 6.07) is -0.964. The Labute approximate surface area is 185 Å². The molecule has 32 heavy (non-hydrogen) atoms. The molecule has 12 N–H and O–H groups in total. The smallest absolute Gasteiger partial charge is 0.190 e. The SMILES string of the molecule is C[NH2+][C@@H]1[C@@H](O)[C@@H](O[C@@H]2[C@@H](O)[C@H](O[C@H]3O[C@H](CO)[C@@H](O)[C@H](O)[C@H]3O)CC[C@H]2[NH3+])OC[C@]1(C)O. The van der Waals surface area contributed by atoms with E-state index < -0.39 is 79.7 Å². The van der Waals surface area contributed by atoms with Crippen LogP contribution < -0.4 is 11.1 Å². The van der Waals surface area contributed by atoms with Crippen LogP contribution in [0.4, 0.5) is 0 Å². The molecule has 0 aromatic carbocycles. The van der Waals surface area contributed by atoms with Crippen molar-refractivity contribution < 1.29 is 65.7 Å². The molecule has 3 aliphatic rings. The van der Waals surface area contributed by atoms with Crippen LogP contribution in [0.25, 0.3) is 0 Å². The maximum Gasteiger partial charge on any atom is 0.190 e. The third kappa shape index (κ3) is 5.10. The third-order valence-electron chi connectivity index (χ3n) is 6.72. The highest BCUT2D eigenvalue weighted by molar-refractivity contribution is 4.95. The van der Waals surface area contributed by atoms with Crippen molar-refractivity contribution in [2.45, 2.75) is 98.9 Å². The van der Waals surface area contributed by atoms with Crippen LogP contribution in [-0.4, -0.2) is 135 Å². The first-order valence-corrected chi connectivity index (χ1v) is 11.0. The predicted molar refractivity (Wildman–Crippen MR) is 103 cm³/mol. The van der Waals surface area contributed by atoms with E-state index in [0.29, 0.717) is 12.8 Å². The van der Waals surface area contributed by atoms with Gasteiger partial charge in [0, 0.05) is 6.42 Å². The fraction of sp³-hybridized carbons (Fsp3) is 1.00. The minimum atomic E-state index is -1.60. The Morgan fingerprint density at radius 1 is 0.969 bits per heavy atom. The highest BCUT2D eigenvalue weighted by Gasteiger charge is 2.52. The van der Waals surface area contributed by atoms with Gasteiger partial charge in [0.2, 0.25) is 0 Å². The van der Waals surface area contributed by atoms with Crippen molar-refractivity contribution in [2.24, 2.45) is 0 Å². The van der Waals surface area contributed by atoms with Gasteiger partial charge in [-0.3, -0.25) is 0 Å². The number of hydrogen-bond acceptors (Lipinski definition) is 11. The van der Waals surface area contributed by atoms with Crippen molar-refractivity contribution >= 4 is 0 Å². The predicted octanol–water partition coefficient (Wildman–Crippen LogP) is -6.65. The minimum Gasteiger partial charge on any atom is -0.394 e. The molecule has 0 bridgehead atoms. The first kappa shape index (κ1) is 26.1. The van der Waals surface area contributed by atoms with Gasteiger partial charge in [-0.05, 0) is 13.3 Å². The molecule has 1 aliphatic carbocycles. The number of aliphatic hydroxyl groups excluding tert-OH is 6. The van der Waals surface area contributed by atoms with Gasteiger partial charge < -0.3 is 65.7 Å². The second kappa shape index (κ2) is 10.4. The van der Waals surface area contributed by atoms with E-state index >= 15 is 0 Å². The number of nitrogens with two attached hydrogens (primary N) is 1. The Balaban J connectivity index is 1.66. The molecule has 0 unspecified atom stereocenters. The largest absolute Gasteiger partial charge is 0.394 e. The van der Waals surface area contributed by atoms with E-state index in [-0.39, 0.29) is 12.6 Å². The van der Waals surface area contributed by atoms with Gasteiger partial charge in [0.1, 0.15) is 54.3 Å². The molecule has 2 heterocycles. The monoisotopic (exact) mass is 470 g/mol. The summed E-state index contributed by atoms with van der Waals surface area (Å²) >= 11 is 0. The summed E-state index contributed by atoms with van der Waals surface area (Å²) < 4.78 is 22.5. The fourth-order valence-electron chi connectivity index (χ4n) is 4.71. The lowest BCUT2D eigenvalue weighted by atomic mass is 9.87. The number of rotatable bonds is 6. The number of likely N-dealkylation sites (N-methyl/N-ethyl adjacent to an activating group) is 1. The van der Waals surface area contributed by atoms with Gasteiger partial charge in [-0.2, -0.15) is 0 Å². The maximum atomic E-state index is 10.9. The zero-order valence-corrected chi connectivity index (χ0v) is 18.3. The van der Waals surface area contributed by atoms with Crippen molar-refractivity contribution in [3.8, 4) is 0 Å². The Hall–Kier alpha value is -0.520. The first-order valence-electron chi connectivity index (χ1n) is 11.0. The Bertz CT molecular complexity index is 612. The van der Waals surface area contributed by atoms with Gasteiger partial charge in [-0.1, -0.05) is 0 Å². The second-order valence-electron chi connectivity index (χ2n) is 9.19. The molecule has 3 rings (SSSR count). The second-order valence-corrected chi connectivity index (χ2v) is 9.19. The minimum absolute atomic E-state index is 0.0703. The van der Waals surface area contributed by atoms with E-state index in [2.05, 4.69) is 5.73 Å². The molecule has 13 nitrogen and oxygen atoms in total. The number of aliphatic hydroxyl groups is 7. The first-order chi connectivity index (χ1) is 15.0. The zero-order chi connectivity index (χ0) is 23.8. The molecule has 2 saturated heterocycles. The summed E-state index contributed by atoms with van der Waals surface area (Å²) in [7, 11) is 1.72. The molecule has 188 valence electrons. The molecule has 0 radical (unpaired) electrons. The Morgan fingerprint density at radius 3 is 2.28 bits per heavy atom. The van der Waals surface area contributed by atoms with Crippen molar-refractivity contribution in [1.29, 1.82) is 0 Å². The normalized spacial score (nSPS) is 52.7. The molecule has 0 amide bonds. The van der Waals surface area contributed by atoms with Gasteiger partial charge in [-0.25, -0.2) is 0 Å². The standard InChI is InChI=1S/C19H36N2O11/c1-19(28)6-29-17(14(27)16(19)21-2)32-15-7(20)3-4-8(11(15)24)30-18-13(26)12(25)10(23)9(5-22)31-18/h7-18,21-28H,3-6,20H2,1-2H3/p+2/t7-,8-,9-,10-,11+,12+,13-,14-,15+,16-,17-,18+,19+/m1/s1. The van der Waals surface area contributed by atoms with Crippen LogP contribution in [0.1, 0.15) is 19.8 Å². The van der Waals surface area contributed by atoms with E-state index in [1.807, 2.05) is 0 Å². The van der Waals surface area contributed by atoms with Crippen LogP contribution >= 0.6 is 0 Å². The van der Waals surface area contributed by atoms with Crippen LogP contribution in [0.2, 0.25) is 0 Å². The van der Waals surface area contributed by atoms with E-state index in [9.17, 15) is 35.7 Å². The molecule has 2 aliphatic heterocycles. The van der Waals surface area contributed by atoms with Crippen LogP contribution in [0.5, 0.6) is 0 Å². The number of quaternary nitrogens is 2. The van der Waals surface area contributed by atoms with E-state index in [4.69, 9.17) is 18.9 Å². The van der Waals surface area contributed by atoms with E-state index in [1.165, 1.54) is 0 Å². The van der Waals surface area contributed by atoms with Crippen molar-refractivity contribution in [1.82, 2.24) is 0 Å². The van der Waals surface area contributed by atoms with Gasteiger partial charge in [0.05, 0.1) is 26.4 Å². The van der Waals surface area contributed by atoms with Crippen molar-refractivity contribution in [3.63, 3.8) is 0 Å². The molecule has 3 fully saturated rings. The van der Waals surface area contributed by atoms with Crippen molar-refractivity contribution in [3.05, 3.63) is 0 Å². The zero-order valence-electron chi connectivity index (χ0n) is 18.3. The summed E-state index contributed by atoms with van der Waals surface area (Å²) in [6.45, 7) is 0.890. The lowest BCUT2D eigenvalue weighted by Crippen LogP contribution is -2.96. The summed E-state index contributed by atoms with van der Waals surface area (Å²) in [4.78, 5) is 0. The van der Waals surface area contributed by atoms with Gasteiger partial charge in [0.15, 0.2) is 18.7 Å². The summed E-state index contributed by atoms with van der Waals surface area (Å²) in [5, 5.41) is 73.1. The molecule has 0 aromatic rings. The number of ether oxygens (including phenoxy) is 4. The average Bonchev–Trinajstić information content (AvgIpc) is 2.74. The highest BCUT2D eigenvalue weighted by Crippen LogP contribution is 2.31. The molecular formula is C19H38N2O11+2.